The lowest BCUT2D eigenvalue weighted by molar-refractivity contribution is 0.0943. The molecule has 0 heterocycles. The smallest absolute Gasteiger partial charge is 0.252 e. The minimum atomic E-state index is -0.162. The standard InChI is InChI=1S/C21H19NO/c1-16-10-8-9-15-19(16)20(17-11-4-2-5-12-17)22-21(23)18-13-6-3-7-14-18/h2-15,20H,1H3,(H,22,23)/t20-/m1/s1. The Balaban J connectivity index is 1.97. The van der Waals surface area contributed by atoms with E-state index in [9.17, 15) is 4.79 Å². The van der Waals surface area contributed by atoms with Crippen molar-refractivity contribution in [2.45, 2.75) is 13.0 Å². The second-order valence-electron chi connectivity index (χ2n) is 5.54. The maximum absolute atomic E-state index is 12.6. The van der Waals surface area contributed by atoms with Crippen LogP contribution in [0.3, 0.4) is 0 Å². The molecule has 0 aliphatic rings. The second-order valence-corrected chi connectivity index (χ2v) is 5.54. The monoisotopic (exact) mass is 301 g/mol. The SMILES string of the molecule is Cc1ccccc1[C@H](NC(=O)c1ccccc1)c1ccccc1. The topological polar surface area (TPSA) is 29.1 Å². The van der Waals surface area contributed by atoms with Gasteiger partial charge in [-0.05, 0) is 35.7 Å². The number of rotatable bonds is 4. The molecule has 2 nitrogen and oxygen atoms in total. The largest absolute Gasteiger partial charge is 0.341 e. The van der Waals surface area contributed by atoms with E-state index < -0.39 is 0 Å². The summed E-state index contributed by atoms with van der Waals surface area (Å²) in [4.78, 5) is 12.6. The Hall–Kier alpha value is -2.87. The van der Waals surface area contributed by atoms with Gasteiger partial charge in [-0.3, -0.25) is 4.79 Å². The fraction of sp³-hybridized carbons (Fsp3) is 0.0952. The highest BCUT2D eigenvalue weighted by molar-refractivity contribution is 5.94. The molecule has 3 aromatic rings. The molecule has 0 aromatic heterocycles. The Labute approximate surface area is 136 Å². The van der Waals surface area contributed by atoms with Gasteiger partial charge in [0.1, 0.15) is 0 Å². The lowest BCUT2D eigenvalue weighted by Gasteiger charge is -2.21. The van der Waals surface area contributed by atoms with Crippen molar-refractivity contribution in [1.29, 1.82) is 0 Å². The molecular formula is C21H19NO. The molecule has 0 bridgehead atoms. The summed E-state index contributed by atoms with van der Waals surface area (Å²) < 4.78 is 0. The van der Waals surface area contributed by atoms with Crippen LogP contribution >= 0.6 is 0 Å². The molecule has 3 aromatic carbocycles. The first-order valence-electron chi connectivity index (χ1n) is 7.72. The number of carbonyl (C=O) groups excluding carboxylic acids is 1. The van der Waals surface area contributed by atoms with E-state index in [1.165, 1.54) is 0 Å². The predicted octanol–water partition coefficient (Wildman–Crippen LogP) is 4.51. The summed E-state index contributed by atoms with van der Waals surface area (Å²) in [5.74, 6) is -0.0669. The first-order valence-corrected chi connectivity index (χ1v) is 7.72. The van der Waals surface area contributed by atoms with Crippen LogP contribution in [0, 0.1) is 6.92 Å². The number of benzene rings is 3. The minimum absolute atomic E-state index is 0.0669. The summed E-state index contributed by atoms with van der Waals surface area (Å²) in [6.45, 7) is 2.07. The average Bonchev–Trinajstić information content (AvgIpc) is 2.62. The van der Waals surface area contributed by atoms with E-state index in [1.807, 2.05) is 72.8 Å². The Morgan fingerprint density at radius 1 is 0.783 bits per heavy atom. The van der Waals surface area contributed by atoms with E-state index in [0.717, 1.165) is 16.7 Å². The molecule has 0 aliphatic heterocycles. The molecule has 23 heavy (non-hydrogen) atoms. The van der Waals surface area contributed by atoms with Crippen LogP contribution in [0.15, 0.2) is 84.9 Å². The zero-order chi connectivity index (χ0) is 16.1. The van der Waals surface area contributed by atoms with Gasteiger partial charge in [0.2, 0.25) is 0 Å². The van der Waals surface area contributed by atoms with Crippen molar-refractivity contribution in [3.8, 4) is 0 Å². The van der Waals surface area contributed by atoms with Crippen molar-refractivity contribution in [3.63, 3.8) is 0 Å². The second kappa shape index (κ2) is 6.93. The number of hydrogen-bond acceptors (Lipinski definition) is 1. The van der Waals surface area contributed by atoms with Crippen LogP contribution < -0.4 is 5.32 Å². The molecule has 114 valence electrons. The van der Waals surface area contributed by atoms with Crippen LogP contribution in [0.1, 0.15) is 33.1 Å². The molecule has 0 radical (unpaired) electrons. The maximum atomic E-state index is 12.6. The number of hydrogen-bond donors (Lipinski definition) is 1. The van der Waals surface area contributed by atoms with Crippen LogP contribution in [-0.4, -0.2) is 5.91 Å². The van der Waals surface area contributed by atoms with Crippen molar-refractivity contribution in [1.82, 2.24) is 5.32 Å². The summed E-state index contributed by atoms with van der Waals surface area (Å²) in [5, 5.41) is 3.17. The molecule has 0 saturated carbocycles. The van der Waals surface area contributed by atoms with Crippen LogP contribution in [0.2, 0.25) is 0 Å². The first-order chi connectivity index (χ1) is 11.3. The normalized spacial score (nSPS) is 11.7. The Bertz CT molecular complexity index is 781. The molecule has 0 unspecified atom stereocenters. The third-order valence-corrected chi connectivity index (χ3v) is 3.94. The third-order valence-electron chi connectivity index (χ3n) is 3.94. The summed E-state index contributed by atoms with van der Waals surface area (Å²) in [6, 6.07) is 27.4. The van der Waals surface area contributed by atoms with Gasteiger partial charge < -0.3 is 5.32 Å². The Kier molecular flexibility index (Phi) is 4.53. The molecule has 0 spiro atoms. The highest BCUT2D eigenvalue weighted by Gasteiger charge is 2.18. The molecule has 1 amide bonds. The molecule has 0 saturated heterocycles. The predicted molar refractivity (Wildman–Crippen MR) is 93.4 cm³/mol. The highest BCUT2D eigenvalue weighted by Crippen LogP contribution is 2.25. The van der Waals surface area contributed by atoms with E-state index in [1.54, 1.807) is 0 Å². The maximum Gasteiger partial charge on any atom is 0.252 e. The Morgan fingerprint density at radius 2 is 1.35 bits per heavy atom. The molecule has 1 atom stereocenters. The summed E-state index contributed by atoms with van der Waals surface area (Å²) in [7, 11) is 0. The third kappa shape index (κ3) is 3.49. The molecule has 0 aliphatic carbocycles. The average molecular weight is 301 g/mol. The van der Waals surface area contributed by atoms with Crippen LogP contribution in [0.25, 0.3) is 0 Å². The molecule has 2 heteroatoms. The van der Waals surface area contributed by atoms with Crippen LogP contribution in [0.4, 0.5) is 0 Å². The molecular weight excluding hydrogens is 282 g/mol. The first kappa shape index (κ1) is 15.0. The lowest BCUT2D eigenvalue weighted by atomic mass is 9.94. The quantitative estimate of drug-likeness (QED) is 0.754. The van der Waals surface area contributed by atoms with Crippen molar-refractivity contribution >= 4 is 5.91 Å². The molecule has 3 rings (SSSR count). The summed E-state index contributed by atoms with van der Waals surface area (Å²) >= 11 is 0. The van der Waals surface area contributed by atoms with E-state index in [2.05, 4.69) is 24.4 Å². The van der Waals surface area contributed by atoms with Gasteiger partial charge in [0.25, 0.3) is 5.91 Å². The van der Waals surface area contributed by atoms with Gasteiger partial charge in [0.05, 0.1) is 6.04 Å². The van der Waals surface area contributed by atoms with Crippen molar-refractivity contribution < 1.29 is 4.79 Å². The fourth-order valence-electron chi connectivity index (χ4n) is 2.70. The Morgan fingerprint density at radius 3 is 2.00 bits per heavy atom. The zero-order valence-electron chi connectivity index (χ0n) is 13.1. The minimum Gasteiger partial charge on any atom is -0.341 e. The summed E-state index contributed by atoms with van der Waals surface area (Å²) in [6.07, 6.45) is 0. The van der Waals surface area contributed by atoms with E-state index in [0.29, 0.717) is 5.56 Å². The van der Waals surface area contributed by atoms with Crippen molar-refractivity contribution in [2.24, 2.45) is 0 Å². The zero-order valence-corrected chi connectivity index (χ0v) is 13.1. The molecule has 0 fully saturated rings. The van der Waals surface area contributed by atoms with Crippen LogP contribution in [-0.2, 0) is 0 Å². The van der Waals surface area contributed by atoms with E-state index in [-0.39, 0.29) is 11.9 Å². The van der Waals surface area contributed by atoms with E-state index >= 15 is 0 Å². The summed E-state index contributed by atoms with van der Waals surface area (Å²) in [5.41, 5.74) is 4.02. The van der Waals surface area contributed by atoms with Gasteiger partial charge in [-0.15, -0.1) is 0 Å². The van der Waals surface area contributed by atoms with Crippen LogP contribution in [0.5, 0.6) is 0 Å². The van der Waals surface area contributed by atoms with Crippen molar-refractivity contribution in [3.05, 3.63) is 107 Å². The highest BCUT2D eigenvalue weighted by atomic mass is 16.1. The fourth-order valence-corrected chi connectivity index (χ4v) is 2.70. The number of aryl methyl sites for hydroxylation is 1. The molecule has 1 N–H and O–H groups in total. The van der Waals surface area contributed by atoms with Gasteiger partial charge in [-0.25, -0.2) is 0 Å². The number of amides is 1. The number of carbonyl (C=O) groups is 1. The van der Waals surface area contributed by atoms with Gasteiger partial charge in [-0.1, -0.05) is 72.8 Å². The number of nitrogens with one attached hydrogen (secondary N) is 1. The van der Waals surface area contributed by atoms with Gasteiger partial charge in [0.15, 0.2) is 0 Å². The van der Waals surface area contributed by atoms with E-state index in [4.69, 9.17) is 0 Å². The van der Waals surface area contributed by atoms with Crippen molar-refractivity contribution in [2.75, 3.05) is 0 Å². The van der Waals surface area contributed by atoms with Gasteiger partial charge in [-0.2, -0.15) is 0 Å². The van der Waals surface area contributed by atoms with Gasteiger partial charge >= 0.3 is 0 Å². The van der Waals surface area contributed by atoms with Gasteiger partial charge in [0, 0.05) is 5.56 Å². The lowest BCUT2D eigenvalue weighted by Crippen LogP contribution is -2.29.